The lowest BCUT2D eigenvalue weighted by molar-refractivity contribution is 0.815. The predicted octanol–water partition coefficient (Wildman–Crippen LogP) is 2.38. The number of halogens is 2. The molecule has 0 aliphatic rings. The minimum atomic E-state index is -1.72. The van der Waals surface area contributed by atoms with Crippen molar-refractivity contribution in [1.29, 1.82) is 5.26 Å². The van der Waals surface area contributed by atoms with Gasteiger partial charge in [0.2, 0.25) is 0 Å². The Balaban J connectivity index is 3.58. The summed E-state index contributed by atoms with van der Waals surface area (Å²) in [5.74, 6) is 0. The third-order valence-electron chi connectivity index (χ3n) is 1.07. The summed E-state index contributed by atoms with van der Waals surface area (Å²) in [6.45, 7) is 2.02. The Hall–Kier alpha value is 0.287. The van der Waals surface area contributed by atoms with Gasteiger partial charge < -0.3 is 0 Å². The minimum Gasteiger partial charge on any atom is -0.198 e. The molecule has 0 saturated carbocycles. The van der Waals surface area contributed by atoms with Crippen LogP contribution in [0.4, 0.5) is 0 Å². The number of nitriles is 1. The second kappa shape index (κ2) is 5.10. The third-order valence-corrected chi connectivity index (χ3v) is 3.99. The van der Waals surface area contributed by atoms with Crippen LogP contribution in [-0.2, 0) is 0 Å². The standard InChI is InChI=1S/C5H9Cl2NSi/c1-2-3-5(4-8)9(6)7/h5,9H,2-3H2,1H3. The first-order valence-electron chi connectivity index (χ1n) is 2.90. The van der Waals surface area contributed by atoms with Gasteiger partial charge in [0.1, 0.15) is 0 Å². The van der Waals surface area contributed by atoms with E-state index in [0.717, 1.165) is 12.8 Å². The lowest BCUT2D eigenvalue weighted by Gasteiger charge is -2.03. The Kier molecular flexibility index (Phi) is 5.26. The zero-order chi connectivity index (χ0) is 7.28. The molecule has 0 aromatic rings. The fraction of sp³-hybridized carbons (Fsp3) is 0.800. The fourth-order valence-corrected chi connectivity index (χ4v) is 2.35. The highest BCUT2D eigenvalue weighted by Crippen LogP contribution is 2.21. The van der Waals surface area contributed by atoms with Crippen molar-refractivity contribution in [1.82, 2.24) is 0 Å². The summed E-state index contributed by atoms with van der Waals surface area (Å²) >= 11 is 11.2. The molecule has 0 aromatic heterocycles. The van der Waals surface area contributed by atoms with E-state index in [1.807, 2.05) is 6.92 Å². The SMILES string of the molecule is CCCC(C#N)[SiH](Cl)Cl. The van der Waals surface area contributed by atoms with E-state index in [9.17, 15) is 0 Å². The first-order valence-corrected chi connectivity index (χ1v) is 7.06. The van der Waals surface area contributed by atoms with Crippen LogP contribution in [0, 0.1) is 11.3 Å². The molecule has 0 spiro atoms. The van der Waals surface area contributed by atoms with E-state index in [-0.39, 0.29) is 5.54 Å². The maximum absolute atomic E-state index is 8.44. The van der Waals surface area contributed by atoms with Gasteiger partial charge in [-0.15, -0.1) is 22.2 Å². The molecule has 0 radical (unpaired) electrons. The number of hydrogen-bond acceptors (Lipinski definition) is 1. The van der Waals surface area contributed by atoms with Gasteiger partial charge in [0, 0.05) is 0 Å². The molecule has 9 heavy (non-hydrogen) atoms. The smallest absolute Gasteiger partial charge is 0.198 e. The van der Waals surface area contributed by atoms with Crippen LogP contribution in [0.25, 0.3) is 0 Å². The van der Waals surface area contributed by atoms with Crippen molar-refractivity contribution in [3.63, 3.8) is 0 Å². The Morgan fingerprint density at radius 1 is 1.67 bits per heavy atom. The van der Waals surface area contributed by atoms with Gasteiger partial charge in [-0.3, -0.25) is 0 Å². The van der Waals surface area contributed by atoms with Crippen LogP contribution in [0.1, 0.15) is 19.8 Å². The Bertz CT molecular complexity index is 110. The Morgan fingerprint density at radius 3 is 2.33 bits per heavy atom. The molecule has 0 rings (SSSR count). The van der Waals surface area contributed by atoms with E-state index in [4.69, 9.17) is 27.4 Å². The molecule has 4 heteroatoms. The van der Waals surface area contributed by atoms with Crippen molar-refractivity contribution in [2.75, 3.05) is 0 Å². The van der Waals surface area contributed by atoms with E-state index in [0.29, 0.717) is 0 Å². The summed E-state index contributed by atoms with van der Waals surface area (Å²) in [5.41, 5.74) is -0.0571. The molecule has 52 valence electrons. The molecular weight excluding hydrogens is 173 g/mol. The normalized spacial score (nSPS) is 13.2. The lowest BCUT2D eigenvalue weighted by Crippen LogP contribution is -2.03. The fourth-order valence-electron chi connectivity index (χ4n) is 0.558. The average Bonchev–Trinajstić information content (AvgIpc) is 1.82. The summed E-state index contributed by atoms with van der Waals surface area (Å²) in [7, 11) is -1.72. The molecular formula is C5H9Cl2NSi. The largest absolute Gasteiger partial charge is 0.253 e. The number of nitrogens with zero attached hydrogens (tertiary/aromatic N) is 1. The molecule has 1 nitrogen and oxygen atoms in total. The van der Waals surface area contributed by atoms with Gasteiger partial charge in [0.15, 0.2) is 0 Å². The summed E-state index contributed by atoms with van der Waals surface area (Å²) in [5, 5.41) is 8.44. The molecule has 0 aliphatic carbocycles. The van der Waals surface area contributed by atoms with Gasteiger partial charge in [0.25, 0.3) is 7.42 Å². The quantitative estimate of drug-likeness (QED) is 0.485. The van der Waals surface area contributed by atoms with Crippen LogP contribution >= 0.6 is 22.2 Å². The maximum atomic E-state index is 8.44. The van der Waals surface area contributed by atoms with Crippen LogP contribution in [-0.4, -0.2) is 7.42 Å². The first-order chi connectivity index (χ1) is 4.22. The molecule has 0 aliphatic heterocycles. The van der Waals surface area contributed by atoms with E-state index in [1.54, 1.807) is 0 Å². The molecule has 1 atom stereocenters. The van der Waals surface area contributed by atoms with Crippen LogP contribution < -0.4 is 0 Å². The number of rotatable bonds is 3. The Morgan fingerprint density at radius 2 is 2.22 bits per heavy atom. The van der Waals surface area contributed by atoms with Crippen molar-refractivity contribution in [3.8, 4) is 6.07 Å². The zero-order valence-corrected chi connectivity index (χ0v) is 7.94. The predicted molar refractivity (Wildman–Crippen MR) is 43.1 cm³/mol. The molecule has 1 unspecified atom stereocenters. The molecule has 0 amide bonds. The van der Waals surface area contributed by atoms with Crippen molar-refractivity contribution in [2.24, 2.45) is 0 Å². The highest BCUT2D eigenvalue weighted by atomic mass is 35.7. The summed E-state index contributed by atoms with van der Waals surface area (Å²) in [6, 6.07) is 2.10. The average molecular weight is 182 g/mol. The van der Waals surface area contributed by atoms with Crippen molar-refractivity contribution in [2.45, 2.75) is 25.3 Å². The second-order valence-corrected chi connectivity index (χ2v) is 6.82. The van der Waals surface area contributed by atoms with Gasteiger partial charge in [-0.25, -0.2) is 0 Å². The van der Waals surface area contributed by atoms with Crippen LogP contribution in [0.3, 0.4) is 0 Å². The van der Waals surface area contributed by atoms with Gasteiger partial charge in [-0.05, 0) is 6.42 Å². The molecule has 0 aromatic carbocycles. The van der Waals surface area contributed by atoms with Gasteiger partial charge in [0.05, 0.1) is 11.6 Å². The zero-order valence-electron chi connectivity index (χ0n) is 5.27. The monoisotopic (exact) mass is 181 g/mol. The van der Waals surface area contributed by atoms with Crippen molar-refractivity contribution < 1.29 is 0 Å². The van der Waals surface area contributed by atoms with E-state index in [2.05, 4.69) is 6.07 Å². The van der Waals surface area contributed by atoms with Crippen LogP contribution in [0.2, 0.25) is 5.54 Å². The lowest BCUT2D eigenvalue weighted by atomic mass is 10.3. The summed E-state index contributed by atoms with van der Waals surface area (Å²) < 4.78 is 0. The van der Waals surface area contributed by atoms with E-state index >= 15 is 0 Å². The minimum absolute atomic E-state index is 0.0571. The molecule has 0 heterocycles. The molecule has 0 fully saturated rings. The van der Waals surface area contributed by atoms with Gasteiger partial charge in [-0.2, -0.15) is 5.26 Å². The van der Waals surface area contributed by atoms with E-state index < -0.39 is 7.42 Å². The van der Waals surface area contributed by atoms with Crippen molar-refractivity contribution in [3.05, 3.63) is 0 Å². The molecule has 0 saturated heterocycles. The maximum Gasteiger partial charge on any atom is 0.253 e. The third kappa shape index (κ3) is 3.80. The van der Waals surface area contributed by atoms with Crippen LogP contribution in [0.15, 0.2) is 0 Å². The molecule has 0 N–H and O–H groups in total. The van der Waals surface area contributed by atoms with Crippen molar-refractivity contribution >= 4 is 29.6 Å². The Labute approximate surface area is 66.6 Å². The summed E-state index contributed by atoms with van der Waals surface area (Å²) in [4.78, 5) is 0. The highest BCUT2D eigenvalue weighted by molar-refractivity contribution is 7.34. The summed E-state index contributed by atoms with van der Waals surface area (Å²) in [6.07, 6.45) is 1.83. The number of hydrogen-bond donors (Lipinski definition) is 0. The topological polar surface area (TPSA) is 23.8 Å². The second-order valence-electron chi connectivity index (χ2n) is 1.86. The van der Waals surface area contributed by atoms with Crippen LogP contribution in [0.5, 0.6) is 0 Å². The van der Waals surface area contributed by atoms with Gasteiger partial charge >= 0.3 is 0 Å². The molecule has 0 bridgehead atoms. The van der Waals surface area contributed by atoms with Gasteiger partial charge in [-0.1, -0.05) is 13.3 Å². The highest BCUT2D eigenvalue weighted by Gasteiger charge is 2.16. The van der Waals surface area contributed by atoms with E-state index in [1.165, 1.54) is 0 Å². The first kappa shape index (κ1) is 9.29.